The summed E-state index contributed by atoms with van der Waals surface area (Å²) < 4.78 is 0. The lowest BCUT2D eigenvalue weighted by Gasteiger charge is -2.28. The first kappa shape index (κ1) is 8.53. The summed E-state index contributed by atoms with van der Waals surface area (Å²) in [6.07, 6.45) is 1.77. The van der Waals surface area contributed by atoms with Crippen LogP contribution in [0.2, 0.25) is 0 Å². The maximum absolute atomic E-state index is 10.9. The van der Waals surface area contributed by atoms with Gasteiger partial charge in [-0.05, 0) is 25.7 Å². The van der Waals surface area contributed by atoms with Crippen molar-refractivity contribution in [2.45, 2.75) is 32.7 Å². The maximum atomic E-state index is 10.9. The van der Waals surface area contributed by atoms with Gasteiger partial charge in [0.25, 0.3) is 0 Å². The Balaban J connectivity index is 2.88. The van der Waals surface area contributed by atoms with Crippen LogP contribution in [0.4, 0.5) is 0 Å². The average Bonchev–Trinajstić information content (AvgIpc) is 2.18. The highest BCUT2D eigenvalue weighted by Crippen LogP contribution is 2.41. The molecule has 3 heteroatoms. The Morgan fingerprint density at radius 3 is 2.36 bits per heavy atom. The van der Waals surface area contributed by atoms with Crippen LogP contribution in [0.25, 0.3) is 0 Å². The second kappa shape index (κ2) is 2.48. The van der Waals surface area contributed by atoms with Gasteiger partial charge in [0.2, 0.25) is 0 Å². The molecule has 3 N–H and O–H groups in total. The summed E-state index contributed by atoms with van der Waals surface area (Å²) in [5.74, 6) is -0.551. The predicted molar refractivity (Wildman–Crippen MR) is 42.1 cm³/mol. The van der Waals surface area contributed by atoms with E-state index in [1.54, 1.807) is 6.92 Å². The van der Waals surface area contributed by atoms with Gasteiger partial charge >= 0.3 is 5.97 Å². The minimum Gasteiger partial charge on any atom is -0.481 e. The quantitative estimate of drug-likeness (QED) is 0.592. The third-order valence-corrected chi connectivity index (χ3v) is 3.17. The van der Waals surface area contributed by atoms with Gasteiger partial charge in [-0.1, -0.05) is 6.92 Å². The molecule has 0 saturated heterocycles. The first-order valence-electron chi connectivity index (χ1n) is 3.98. The van der Waals surface area contributed by atoms with Gasteiger partial charge in [-0.25, -0.2) is 0 Å². The van der Waals surface area contributed by atoms with Crippen LogP contribution in [-0.4, -0.2) is 17.1 Å². The number of nitrogens with two attached hydrogens (primary N) is 1. The first-order chi connectivity index (χ1) is 4.99. The Morgan fingerprint density at radius 1 is 1.64 bits per heavy atom. The molecule has 0 unspecified atom stereocenters. The molecule has 3 nitrogen and oxygen atoms in total. The van der Waals surface area contributed by atoms with Crippen molar-refractivity contribution in [1.29, 1.82) is 0 Å². The fourth-order valence-electron chi connectivity index (χ4n) is 1.76. The van der Waals surface area contributed by atoms with Crippen LogP contribution >= 0.6 is 0 Å². The minimum atomic E-state index is -0.755. The fourth-order valence-corrected chi connectivity index (χ4v) is 1.76. The first-order valence-corrected chi connectivity index (χ1v) is 3.98. The van der Waals surface area contributed by atoms with E-state index in [9.17, 15) is 4.79 Å². The number of rotatable bonds is 1. The van der Waals surface area contributed by atoms with Gasteiger partial charge in [0.15, 0.2) is 0 Å². The van der Waals surface area contributed by atoms with Crippen molar-refractivity contribution >= 4 is 5.97 Å². The van der Waals surface area contributed by atoms with E-state index in [1.165, 1.54) is 0 Å². The molecule has 0 aromatic rings. The molecule has 0 spiro atoms. The van der Waals surface area contributed by atoms with E-state index in [0.717, 1.165) is 12.8 Å². The van der Waals surface area contributed by atoms with Gasteiger partial charge in [0.05, 0.1) is 5.41 Å². The molecule has 1 aliphatic rings. The standard InChI is InChI=1S/C8H15NO2/c1-5-3-4-6(9)8(5,2)7(10)11/h5-6H,3-4,9H2,1-2H3,(H,10,11)/t5-,6-,8-/m0/s1. The SMILES string of the molecule is C[C@H]1CC[C@H](N)[C@@]1(C)C(=O)O. The summed E-state index contributed by atoms with van der Waals surface area (Å²) in [6.45, 7) is 3.71. The fraction of sp³-hybridized carbons (Fsp3) is 0.875. The molecular formula is C8H15NO2. The third-order valence-electron chi connectivity index (χ3n) is 3.17. The van der Waals surface area contributed by atoms with Crippen molar-refractivity contribution in [3.63, 3.8) is 0 Å². The summed E-state index contributed by atoms with van der Waals surface area (Å²) in [7, 11) is 0. The minimum absolute atomic E-state index is 0.171. The van der Waals surface area contributed by atoms with Crippen LogP contribution in [0.1, 0.15) is 26.7 Å². The van der Waals surface area contributed by atoms with E-state index in [4.69, 9.17) is 10.8 Å². The van der Waals surface area contributed by atoms with E-state index in [0.29, 0.717) is 0 Å². The molecule has 0 amide bonds. The van der Waals surface area contributed by atoms with Crippen molar-refractivity contribution < 1.29 is 9.90 Å². The third kappa shape index (κ3) is 1.03. The van der Waals surface area contributed by atoms with Gasteiger partial charge < -0.3 is 10.8 Å². The van der Waals surface area contributed by atoms with E-state index in [-0.39, 0.29) is 12.0 Å². The molecule has 1 fully saturated rings. The number of carbonyl (C=O) groups is 1. The molecule has 1 aliphatic carbocycles. The van der Waals surface area contributed by atoms with Crippen molar-refractivity contribution in [2.75, 3.05) is 0 Å². The molecule has 64 valence electrons. The van der Waals surface area contributed by atoms with Gasteiger partial charge in [0.1, 0.15) is 0 Å². The normalized spacial score (nSPS) is 44.3. The van der Waals surface area contributed by atoms with Crippen LogP contribution in [-0.2, 0) is 4.79 Å². The Hall–Kier alpha value is -0.570. The molecule has 1 rings (SSSR count). The monoisotopic (exact) mass is 157 g/mol. The van der Waals surface area contributed by atoms with Crippen molar-refractivity contribution in [3.05, 3.63) is 0 Å². The van der Waals surface area contributed by atoms with E-state index in [2.05, 4.69) is 0 Å². The molecule has 0 aliphatic heterocycles. The highest BCUT2D eigenvalue weighted by Gasteiger charge is 2.48. The number of hydrogen-bond donors (Lipinski definition) is 2. The second-order valence-electron chi connectivity index (χ2n) is 3.67. The highest BCUT2D eigenvalue weighted by molar-refractivity contribution is 5.76. The van der Waals surface area contributed by atoms with Crippen molar-refractivity contribution in [3.8, 4) is 0 Å². The van der Waals surface area contributed by atoms with Gasteiger partial charge in [-0.15, -0.1) is 0 Å². The van der Waals surface area contributed by atoms with E-state index >= 15 is 0 Å². The molecule has 0 heterocycles. The van der Waals surface area contributed by atoms with Crippen molar-refractivity contribution in [2.24, 2.45) is 17.1 Å². The number of carboxylic acid groups (broad SMARTS) is 1. The van der Waals surface area contributed by atoms with Crippen LogP contribution in [0, 0.1) is 11.3 Å². The maximum Gasteiger partial charge on any atom is 0.311 e. The van der Waals surface area contributed by atoms with Crippen LogP contribution < -0.4 is 5.73 Å². The highest BCUT2D eigenvalue weighted by atomic mass is 16.4. The molecule has 0 aromatic carbocycles. The van der Waals surface area contributed by atoms with Gasteiger partial charge in [-0.2, -0.15) is 0 Å². The molecule has 3 atom stereocenters. The Kier molecular flexibility index (Phi) is 1.92. The average molecular weight is 157 g/mol. The van der Waals surface area contributed by atoms with Crippen LogP contribution in [0.5, 0.6) is 0 Å². The smallest absolute Gasteiger partial charge is 0.311 e. The molecule has 0 aromatic heterocycles. The van der Waals surface area contributed by atoms with Crippen LogP contribution in [0.3, 0.4) is 0 Å². The molecule has 11 heavy (non-hydrogen) atoms. The lowest BCUT2D eigenvalue weighted by Crippen LogP contribution is -2.44. The largest absolute Gasteiger partial charge is 0.481 e. The van der Waals surface area contributed by atoms with E-state index < -0.39 is 11.4 Å². The predicted octanol–water partition coefficient (Wildman–Crippen LogP) is 0.835. The summed E-state index contributed by atoms with van der Waals surface area (Å²) in [5.41, 5.74) is 5.03. The molecule has 1 saturated carbocycles. The van der Waals surface area contributed by atoms with E-state index in [1.807, 2.05) is 6.92 Å². The molecule has 0 radical (unpaired) electrons. The van der Waals surface area contributed by atoms with Crippen LogP contribution in [0.15, 0.2) is 0 Å². The lowest BCUT2D eigenvalue weighted by atomic mass is 9.78. The summed E-state index contributed by atoms with van der Waals surface area (Å²) in [6, 6.07) is -0.171. The zero-order valence-electron chi connectivity index (χ0n) is 7.00. The summed E-state index contributed by atoms with van der Waals surface area (Å²) >= 11 is 0. The zero-order valence-corrected chi connectivity index (χ0v) is 7.00. The number of hydrogen-bond acceptors (Lipinski definition) is 2. The van der Waals surface area contributed by atoms with Gasteiger partial charge in [-0.3, -0.25) is 4.79 Å². The topological polar surface area (TPSA) is 63.3 Å². The Morgan fingerprint density at radius 2 is 2.18 bits per heavy atom. The molecular weight excluding hydrogens is 142 g/mol. The lowest BCUT2D eigenvalue weighted by molar-refractivity contribution is -0.150. The Labute approximate surface area is 66.6 Å². The summed E-state index contributed by atoms with van der Waals surface area (Å²) in [5, 5.41) is 8.93. The number of aliphatic carboxylic acids is 1. The Bertz CT molecular complexity index is 169. The second-order valence-corrected chi connectivity index (χ2v) is 3.67. The zero-order chi connectivity index (χ0) is 8.65. The van der Waals surface area contributed by atoms with Gasteiger partial charge in [0, 0.05) is 6.04 Å². The van der Waals surface area contributed by atoms with Crippen molar-refractivity contribution in [1.82, 2.24) is 0 Å². The molecule has 0 bridgehead atoms. The number of carboxylic acids is 1. The summed E-state index contributed by atoms with van der Waals surface area (Å²) in [4.78, 5) is 10.9.